The third kappa shape index (κ3) is 2.14. The molecule has 2 aliphatic rings. The van der Waals surface area contributed by atoms with E-state index in [2.05, 4.69) is 0 Å². The summed E-state index contributed by atoms with van der Waals surface area (Å²) in [5.74, 6) is 0.673. The Kier molecular flexibility index (Phi) is 3.48. The highest BCUT2D eigenvalue weighted by Gasteiger charge is 2.38. The molecule has 0 spiro atoms. The standard InChI is InChI=1S/C16H22FNO/c17-13-7-6-12-5-4-10-19-15(12)14(13)16(11-18)8-2-1-3-9-16/h6-7H,1-5,8-11,18H2. The molecule has 1 aliphatic heterocycles. The highest BCUT2D eigenvalue weighted by Crippen LogP contribution is 2.46. The fourth-order valence-electron chi connectivity index (χ4n) is 3.68. The number of fused-ring (bicyclic) bond motifs is 1. The molecule has 1 aromatic rings. The van der Waals surface area contributed by atoms with E-state index < -0.39 is 0 Å². The van der Waals surface area contributed by atoms with Crippen LogP contribution in [0.2, 0.25) is 0 Å². The van der Waals surface area contributed by atoms with Gasteiger partial charge in [-0.2, -0.15) is 0 Å². The van der Waals surface area contributed by atoms with E-state index in [0.717, 1.165) is 55.4 Å². The Bertz CT molecular complexity index is 466. The molecule has 1 aromatic carbocycles. The van der Waals surface area contributed by atoms with Crippen molar-refractivity contribution >= 4 is 0 Å². The van der Waals surface area contributed by atoms with Crippen LogP contribution in [0.5, 0.6) is 5.75 Å². The third-order valence-electron chi connectivity index (χ3n) is 4.76. The van der Waals surface area contributed by atoms with E-state index in [1.54, 1.807) is 6.07 Å². The van der Waals surface area contributed by atoms with Gasteiger partial charge in [-0.3, -0.25) is 0 Å². The molecule has 2 nitrogen and oxygen atoms in total. The molecule has 3 rings (SSSR count). The van der Waals surface area contributed by atoms with Crippen LogP contribution in [0.1, 0.15) is 49.7 Å². The van der Waals surface area contributed by atoms with E-state index in [1.165, 1.54) is 6.42 Å². The summed E-state index contributed by atoms with van der Waals surface area (Å²) in [6.45, 7) is 1.22. The van der Waals surface area contributed by atoms with Crippen molar-refractivity contribution in [3.8, 4) is 5.75 Å². The van der Waals surface area contributed by atoms with Gasteiger partial charge in [-0.25, -0.2) is 4.39 Å². The van der Waals surface area contributed by atoms with Gasteiger partial charge in [0.2, 0.25) is 0 Å². The summed E-state index contributed by atoms with van der Waals surface area (Å²) < 4.78 is 20.3. The lowest BCUT2D eigenvalue weighted by atomic mass is 9.68. The summed E-state index contributed by atoms with van der Waals surface area (Å²) in [6, 6.07) is 3.48. The first kappa shape index (κ1) is 12.9. The molecule has 104 valence electrons. The molecule has 0 atom stereocenters. The van der Waals surface area contributed by atoms with Crippen molar-refractivity contribution < 1.29 is 9.13 Å². The van der Waals surface area contributed by atoms with Crippen molar-refractivity contribution in [1.82, 2.24) is 0 Å². The largest absolute Gasteiger partial charge is 0.493 e. The van der Waals surface area contributed by atoms with Gasteiger partial charge in [0.25, 0.3) is 0 Å². The molecule has 1 saturated carbocycles. The summed E-state index contributed by atoms with van der Waals surface area (Å²) >= 11 is 0. The SMILES string of the molecule is NCC1(c2c(F)ccc3c2OCCC3)CCCCC1. The molecule has 19 heavy (non-hydrogen) atoms. The monoisotopic (exact) mass is 263 g/mol. The van der Waals surface area contributed by atoms with Crippen molar-refractivity contribution in [2.45, 2.75) is 50.4 Å². The summed E-state index contributed by atoms with van der Waals surface area (Å²) in [6.07, 6.45) is 7.50. The second kappa shape index (κ2) is 5.12. The lowest BCUT2D eigenvalue weighted by Gasteiger charge is -2.39. The van der Waals surface area contributed by atoms with Crippen molar-refractivity contribution in [2.75, 3.05) is 13.2 Å². The van der Waals surface area contributed by atoms with Gasteiger partial charge < -0.3 is 10.5 Å². The van der Waals surface area contributed by atoms with Crippen LogP contribution >= 0.6 is 0 Å². The fourth-order valence-corrected chi connectivity index (χ4v) is 3.68. The van der Waals surface area contributed by atoms with Gasteiger partial charge in [0.1, 0.15) is 11.6 Å². The van der Waals surface area contributed by atoms with E-state index in [4.69, 9.17) is 10.5 Å². The molecule has 3 heteroatoms. The second-order valence-corrected chi connectivity index (χ2v) is 5.91. The van der Waals surface area contributed by atoms with Gasteiger partial charge in [-0.05, 0) is 37.3 Å². The number of benzene rings is 1. The van der Waals surface area contributed by atoms with Crippen molar-refractivity contribution in [3.05, 3.63) is 29.1 Å². The Morgan fingerprint density at radius 2 is 1.95 bits per heavy atom. The zero-order valence-electron chi connectivity index (χ0n) is 11.4. The summed E-state index contributed by atoms with van der Waals surface area (Å²) in [4.78, 5) is 0. The normalized spacial score (nSPS) is 21.6. The summed E-state index contributed by atoms with van der Waals surface area (Å²) in [5, 5.41) is 0. The first-order chi connectivity index (χ1) is 9.27. The molecule has 0 saturated heterocycles. The first-order valence-corrected chi connectivity index (χ1v) is 7.41. The molecule has 0 amide bonds. The number of nitrogens with two attached hydrogens (primary N) is 1. The smallest absolute Gasteiger partial charge is 0.130 e. The Morgan fingerprint density at radius 1 is 1.16 bits per heavy atom. The number of rotatable bonds is 2. The minimum Gasteiger partial charge on any atom is -0.493 e. The Morgan fingerprint density at radius 3 is 2.68 bits per heavy atom. The summed E-state index contributed by atoms with van der Waals surface area (Å²) in [5.41, 5.74) is 7.77. The zero-order valence-corrected chi connectivity index (χ0v) is 11.4. The van der Waals surface area contributed by atoms with Crippen LogP contribution in [0.4, 0.5) is 4.39 Å². The van der Waals surface area contributed by atoms with Crippen LogP contribution in [0.15, 0.2) is 12.1 Å². The van der Waals surface area contributed by atoms with Crippen LogP contribution in [-0.4, -0.2) is 13.2 Å². The average molecular weight is 263 g/mol. The van der Waals surface area contributed by atoms with Gasteiger partial charge in [-0.1, -0.05) is 25.3 Å². The predicted octanol–water partition coefficient (Wildman–Crippen LogP) is 3.31. The molecule has 0 radical (unpaired) electrons. The molecule has 2 N–H and O–H groups in total. The van der Waals surface area contributed by atoms with Crippen LogP contribution in [0.3, 0.4) is 0 Å². The lowest BCUT2D eigenvalue weighted by molar-refractivity contribution is 0.247. The molecule has 1 aliphatic carbocycles. The van der Waals surface area contributed by atoms with Gasteiger partial charge in [-0.15, -0.1) is 0 Å². The molecular weight excluding hydrogens is 241 g/mol. The zero-order chi connectivity index (χ0) is 13.3. The average Bonchev–Trinajstić information content (AvgIpc) is 2.48. The first-order valence-electron chi connectivity index (χ1n) is 7.41. The van der Waals surface area contributed by atoms with Crippen LogP contribution in [0, 0.1) is 5.82 Å². The molecule has 0 bridgehead atoms. The van der Waals surface area contributed by atoms with Crippen molar-refractivity contribution in [3.63, 3.8) is 0 Å². The highest BCUT2D eigenvalue weighted by atomic mass is 19.1. The van der Waals surface area contributed by atoms with Crippen molar-refractivity contribution in [1.29, 1.82) is 0 Å². The lowest BCUT2D eigenvalue weighted by Crippen LogP contribution is -2.39. The van der Waals surface area contributed by atoms with E-state index in [-0.39, 0.29) is 11.2 Å². The molecular formula is C16H22FNO. The Hall–Kier alpha value is -1.09. The Labute approximate surface area is 114 Å². The van der Waals surface area contributed by atoms with Crippen LogP contribution < -0.4 is 10.5 Å². The minimum absolute atomic E-state index is 0.131. The van der Waals surface area contributed by atoms with E-state index in [0.29, 0.717) is 13.2 Å². The van der Waals surface area contributed by atoms with Gasteiger partial charge in [0.15, 0.2) is 0 Å². The van der Waals surface area contributed by atoms with Crippen LogP contribution in [0.25, 0.3) is 0 Å². The number of hydrogen-bond acceptors (Lipinski definition) is 2. The maximum Gasteiger partial charge on any atom is 0.130 e. The third-order valence-corrected chi connectivity index (χ3v) is 4.76. The van der Waals surface area contributed by atoms with Crippen molar-refractivity contribution in [2.24, 2.45) is 5.73 Å². The molecule has 0 unspecified atom stereocenters. The molecule has 1 heterocycles. The highest BCUT2D eigenvalue weighted by molar-refractivity contribution is 5.48. The maximum absolute atomic E-state index is 14.5. The van der Waals surface area contributed by atoms with Crippen LogP contribution in [-0.2, 0) is 11.8 Å². The topological polar surface area (TPSA) is 35.2 Å². The van der Waals surface area contributed by atoms with Gasteiger partial charge >= 0.3 is 0 Å². The maximum atomic E-state index is 14.5. The fraction of sp³-hybridized carbons (Fsp3) is 0.625. The van der Waals surface area contributed by atoms with E-state index in [9.17, 15) is 4.39 Å². The Balaban J connectivity index is 2.11. The number of ether oxygens (including phenoxy) is 1. The number of aryl methyl sites for hydroxylation is 1. The molecule has 0 aromatic heterocycles. The number of hydrogen-bond donors (Lipinski definition) is 1. The minimum atomic E-state index is -0.203. The van der Waals surface area contributed by atoms with E-state index in [1.807, 2.05) is 6.07 Å². The van der Waals surface area contributed by atoms with E-state index >= 15 is 0 Å². The predicted molar refractivity (Wildman–Crippen MR) is 74.0 cm³/mol. The number of halogens is 1. The second-order valence-electron chi connectivity index (χ2n) is 5.91. The quantitative estimate of drug-likeness (QED) is 0.888. The molecule has 1 fully saturated rings. The van der Waals surface area contributed by atoms with Gasteiger partial charge in [0, 0.05) is 17.5 Å². The summed E-state index contributed by atoms with van der Waals surface area (Å²) in [7, 11) is 0. The van der Waals surface area contributed by atoms with Gasteiger partial charge in [0.05, 0.1) is 6.61 Å².